The van der Waals surface area contributed by atoms with Crippen molar-refractivity contribution in [2.24, 2.45) is 5.41 Å². The van der Waals surface area contributed by atoms with Gasteiger partial charge in [0.25, 0.3) is 0 Å². The van der Waals surface area contributed by atoms with Crippen LogP contribution in [0.25, 0.3) is 0 Å². The first-order chi connectivity index (χ1) is 9.00. The Labute approximate surface area is 124 Å². The third-order valence-corrected chi connectivity index (χ3v) is 4.24. The van der Waals surface area contributed by atoms with E-state index in [4.69, 9.17) is 9.31 Å². The van der Waals surface area contributed by atoms with Crippen LogP contribution in [0.5, 0.6) is 0 Å². The van der Waals surface area contributed by atoms with Crippen molar-refractivity contribution >= 4 is 12.6 Å². The minimum Gasteiger partial charge on any atom is -0.399 e. The van der Waals surface area contributed by atoms with Gasteiger partial charge in [0.15, 0.2) is 0 Å². The van der Waals surface area contributed by atoms with E-state index in [0.717, 1.165) is 11.9 Å². The minimum absolute atomic E-state index is 0.260. The maximum atomic E-state index is 6.07. The van der Waals surface area contributed by atoms with Crippen LogP contribution in [0.2, 0.25) is 0 Å². The fourth-order valence-corrected chi connectivity index (χ4v) is 2.38. The fraction of sp³-hybridized carbons (Fsp3) is 0.647. The molecule has 1 aromatic rings. The zero-order chi connectivity index (χ0) is 15.2. The van der Waals surface area contributed by atoms with Crippen LogP contribution in [-0.4, -0.2) is 18.3 Å². The van der Waals surface area contributed by atoms with Crippen molar-refractivity contribution in [3.05, 3.63) is 29.8 Å². The summed E-state index contributed by atoms with van der Waals surface area (Å²) in [5.41, 5.74) is 2.22. The lowest BCUT2D eigenvalue weighted by Crippen LogP contribution is -2.41. The highest BCUT2D eigenvalue weighted by molar-refractivity contribution is 6.62. The Morgan fingerprint density at radius 3 is 1.75 bits per heavy atom. The molecule has 1 aliphatic heterocycles. The van der Waals surface area contributed by atoms with E-state index in [1.54, 1.807) is 0 Å². The van der Waals surface area contributed by atoms with Gasteiger partial charge in [-0.05, 0) is 50.6 Å². The van der Waals surface area contributed by atoms with Crippen LogP contribution in [-0.2, 0) is 15.7 Å². The van der Waals surface area contributed by atoms with E-state index < -0.39 is 0 Å². The van der Waals surface area contributed by atoms with Crippen LogP contribution in [0, 0.1) is 5.41 Å². The number of benzene rings is 1. The van der Waals surface area contributed by atoms with Gasteiger partial charge >= 0.3 is 7.12 Å². The van der Waals surface area contributed by atoms with E-state index in [2.05, 4.69) is 72.7 Å². The van der Waals surface area contributed by atoms with Crippen molar-refractivity contribution < 1.29 is 9.31 Å². The third kappa shape index (κ3) is 3.26. The van der Waals surface area contributed by atoms with Crippen molar-refractivity contribution in [1.29, 1.82) is 0 Å². The standard InChI is InChI=1S/C17H27BO2/c1-15(2,3)12-13-8-10-14(11-9-13)18-19-16(4,5)17(6,7)20-18/h8-11H,12H2,1-7H3. The topological polar surface area (TPSA) is 18.5 Å². The quantitative estimate of drug-likeness (QED) is 0.767. The Bertz CT molecular complexity index is 453. The molecular formula is C17H27BO2. The summed E-state index contributed by atoms with van der Waals surface area (Å²) in [6.07, 6.45) is 1.08. The van der Waals surface area contributed by atoms with Crippen LogP contribution in [0.1, 0.15) is 54.0 Å². The maximum absolute atomic E-state index is 6.07. The summed E-state index contributed by atoms with van der Waals surface area (Å²) in [5, 5.41) is 0. The van der Waals surface area contributed by atoms with Crippen molar-refractivity contribution in [3.8, 4) is 0 Å². The Hall–Kier alpha value is -0.795. The molecule has 0 N–H and O–H groups in total. The smallest absolute Gasteiger partial charge is 0.399 e. The zero-order valence-electron chi connectivity index (χ0n) is 13.9. The molecule has 20 heavy (non-hydrogen) atoms. The first-order valence-corrected chi connectivity index (χ1v) is 7.45. The van der Waals surface area contributed by atoms with Gasteiger partial charge in [-0.25, -0.2) is 0 Å². The molecule has 3 heteroatoms. The Balaban J connectivity index is 2.12. The molecule has 0 atom stereocenters. The molecule has 0 spiro atoms. The van der Waals surface area contributed by atoms with Crippen molar-refractivity contribution in [1.82, 2.24) is 0 Å². The summed E-state index contributed by atoms with van der Waals surface area (Å²) in [4.78, 5) is 0. The normalized spacial score (nSPS) is 21.2. The molecule has 0 unspecified atom stereocenters. The summed E-state index contributed by atoms with van der Waals surface area (Å²) in [6, 6.07) is 8.63. The molecule has 2 nitrogen and oxygen atoms in total. The number of hydrogen-bond acceptors (Lipinski definition) is 2. The molecule has 0 saturated carbocycles. The van der Waals surface area contributed by atoms with Gasteiger partial charge in [-0.2, -0.15) is 0 Å². The van der Waals surface area contributed by atoms with Crippen LogP contribution in [0.15, 0.2) is 24.3 Å². The van der Waals surface area contributed by atoms with E-state index in [-0.39, 0.29) is 18.3 Å². The molecule has 110 valence electrons. The van der Waals surface area contributed by atoms with E-state index >= 15 is 0 Å². The van der Waals surface area contributed by atoms with Crippen molar-refractivity contribution in [3.63, 3.8) is 0 Å². The Kier molecular flexibility index (Phi) is 3.81. The van der Waals surface area contributed by atoms with E-state index in [1.807, 2.05) is 0 Å². The lowest BCUT2D eigenvalue weighted by atomic mass is 9.78. The summed E-state index contributed by atoms with van der Waals surface area (Å²) in [5.74, 6) is 0. The Morgan fingerprint density at radius 2 is 1.35 bits per heavy atom. The zero-order valence-corrected chi connectivity index (χ0v) is 13.9. The highest BCUT2D eigenvalue weighted by atomic mass is 16.7. The van der Waals surface area contributed by atoms with E-state index in [1.165, 1.54) is 5.56 Å². The molecule has 1 aromatic carbocycles. The predicted octanol–water partition coefficient (Wildman–Crippen LogP) is 3.57. The average Bonchev–Trinajstić information content (AvgIpc) is 2.47. The summed E-state index contributed by atoms with van der Waals surface area (Å²) in [7, 11) is -0.260. The number of rotatable bonds is 2. The molecular weight excluding hydrogens is 247 g/mol. The van der Waals surface area contributed by atoms with Gasteiger partial charge in [0.1, 0.15) is 0 Å². The van der Waals surface area contributed by atoms with Crippen LogP contribution in [0.4, 0.5) is 0 Å². The molecule has 1 saturated heterocycles. The van der Waals surface area contributed by atoms with Gasteiger partial charge < -0.3 is 9.31 Å². The molecule has 2 rings (SSSR count). The molecule has 0 aliphatic carbocycles. The van der Waals surface area contributed by atoms with Gasteiger partial charge in [-0.15, -0.1) is 0 Å². The van der Waals surface area contributed by atoms with Crippen molar-refractivity contribution in [2.45, 2.75) is 66.1 Å². The molecule has 0 amide bonds. The largest absolute Gasteiger partial charge is 0.494 e. The van der Waals surface area contributed by atoms with Crippen LogP contribution >= 0.6 is 0 Å². The molecule has 1 heterocycles. The van der Waals surface area contributed by atoms with Gasteiger partial charge in [-0.1, -0.05) is 45.0 Å². The van der Waals surface area contributed by atoms with Crippen molar-refractivity contribution in [2.75, 3.05) is 0 Å². The summed E-state index contributed by atoms with van der Waals surface area (Å²) in [6.45, 7) is 15.1. The lowest BCUT2D eigenvalue weighted by molar-refractivity contribution is 0.00578. The second-order valence-electron chi connectivity index (χ2n) is 8.07. The highest BCUT2D eigenvalue weighted by Gasteiger charge is 2.51. The third-order valence-electron chi connectivity index (χ3n) is 4.24. The first kappa shape index (κ1) is 15.6. The molecule has 1 fully saturated rings. The lowest BCUT2D eigenvalue weighted by Gasteiger charge is -2.32. The minimum atomic E-state index is -0.276. The maximum Gasteiger partial charge on any atom is 0.494 e. The summed E-state index contributed by atoms with van der Waals surface area (Å²) < 4.78 is 12.1. The monoisotopic (exact) mass is 274 g/mol. The number of hydrogen-bond donors (Lipinski definition) is 0. The molecule has 1 aliphatic rings. The summed E-state index contributed by atoms with van der Waals surface area (Å²) >= 11 is 0. The fourth-order valence-electron chi connectivity index (χ4n) is 2.38. The van der Waals surface area contributed by atoms with E-state index in [9.17, 15) is 0 Å². The molecule has 0 bridgehead atoms. The van der Waals surface area contributed by atoms with Crippen LogP contribution < -0.4 is 5.46 Å². The average molecular weight is 274 g/mol. The highest BCUT2D eigenvalue weighted by Crippen LogP contribution is 2.36. The molecule has 0 radical (unpaired) electrons. The Morgan fingerprint density at radius 1 is 0.900 bits per heavy atom. The van der Waals surface area contributed by atoms with E-state index in [0.29, 0.717) is 5.41 Å². The first-order valence-electron chi connectivity index (χ1n) is 7.45. The second-order valence-corrected chi connectivity index (χ2v) is 8.07. The SMILES string of the molecule is CC(C)(C)Cc1ccc(B2OC(C)(C)C(C)(C)O2)cc1. The van der Waals surface area contributed by atoms with Gasteiger partial charge in [-0.3, -0.25) is 0 Å². The molecule has 0 aromatic heterocycles. The van der Waals surface area contributed by atoms with Crippen LogP contribution in [0.3, 0.4) is 0 Å². The van der Waals surface area contributed by atoms with Gasteiger partial charge in [0, 0.05) is 0 Å². The second kappa shape index (κ2) is 4.89. The van der Waals surface area contributed by atoms with Gasteiger partial charge in [0.2, 0.25) is 0 Å². The van der Waals surface area contributed by atoms with Gasteiger partial charge in [0.05, 0.1) is 11.2 Å². The predicted molar refractivity (Wildman–Crippen MR) is 85.3 cm³/mol.